The average Bonchev–Trinajstić information content (AvgIpc) is 2.47. The Morgan fingerprint density at radius 2 is 1.79 bits per heavy atom. The third-order valence-electron chi connectivity index (χ3n) is 3.39. The molecule has 0 saturated carbocycles. The average molecular weight is 283 g/mol. The molecule has 1 aliphatic heterocycles. The number of aldehydes is 1. The number of rotatable bonds is 4. The lowest BCUT2D eigenvalue weighted by atomic mass is 10.0. The minimum atomic E-state index is -3.46. The standard InChI is InChI=1S/C13H17NO4S/c1-18-12-2-4-13(5-3-12)19(16,17)14-8-6-11(10-15)7-9-14/h2-5,10-11H,6-9H2,1H3. The van der Waals surface area contributed by atoms with Crippen molar-refractivity contribution in [3.63, 3.8) is 0 Å². The summed E-state index contributed by atoms with van der Waals surface area (Å²) in [6.45, 7) is 0.801. The van der Waals surface area contributed by atoms with E-state index in [1.807, 2.05) is 0 Å². The molecule has 0 aliphatic carbocycles. The summed E-state index contributed by atoms with van der Waals surface area (Å²) < 4.78 is 31.2. The van der Waals surface area contributed by atoms with Gasteiger partial charge in [0.05, 0.1) is 12.0 Å². The predicted octanol–water partition coefficient (Wildman–Crippen LogP) is 1.29. The maximum absolute atomic E-state index is 12.4. The van der Waals surface area contributed by atoms with E-state index in [1.54, 1.807) is 24.3 Å². The van der Waals surface area contributed by atoms with Gasteiger partial charge in [0.2, 0.25) is 10.0 Å². The van der Waals surface area contributed by atoms with E-state index in [2.05, 4.69) is 0 Å². The van der Waals surface area contributed by atoms with Crippen LogP contribution in [-0.2, 0) is 14.8 Å². The minimum Gasteiger partial charge on any atom is -0.497 e. The summed E-state index contributed by atoms with van der Waals surface area (Å²) in [5.41, 5.74) is 0. The topological polar surface area (TPSA) is 63.7 Å². The minimum absolute atomic E-state index is 0.0117. The Balaban J connectivity index is 2.15. The van der Waals surface area contributed by atoms with Crippen LogP contribution >= 0.6 is 0 Å². The van der Waals surface area contributed by atoms with Crippen molar-refractivity contribution >= 4 is 16.3 Å². The van der Waals surface area contributed by atoms with Crippen LogP contribution in [0.25, 0.3) is 0 Å². The highest BCUT2D eigenvalue weighted by molar-refractivity contribution is 7.89. The van der Waals surface area contributed by atoms with Crippen molar-refractivity contribution in [2.24, 2.45) is 5.92 Å². The number of benzene rings is 1. The van der Waals surface area contributed by atoms with Crippen LogP contribution in [0.3, 0.4) is 0 Å². The highest BCUT2D eigenvalue weighted by atomic mass is 32.2. The van der Waals surface area contributed by atoms with Gasteiger partial charge >= 0.3 is 0 Å². The summed E-state index contributed by atoms with van der Waals surface area (Å²) in [6, 6.07) is 6.34. The molecule has 2 rings (SSSR count). The Labute approximate surface area is 113 Å². The number of carbonyl (C=O) groups is 1. The monoisotopic (exact) mass is 283 g/mol. The second-order valence-corrected chi connectivity index (χ2v) is 6.49. The van der Waals surface area contributed by atoms with E-state index >= 15 is 0 Å². The first-order chi connectivity index (χ1) is 9.07. The van der Waals surface area contributed by atoms with Crippen LogP contribution in [0, 0.1) is 5.92 Å². The van der Waals surface area contributed by atoms with Crippen molar-refractivity contribution in [2.45, 2.75) is 17.7 Å². The molecular formula is C13H17NO4S. The number of sulfonamides is 1. The zero-order valence-electron chi connectivity index (χ0n) is 10.8. The highest BCUT2D eigenvalue weighted by Crippen LogP contribution is 2.24. The van der Waals surface area contributed by atoms with Crippen LogP contribution in [0.4, 0.5) is 0 Å². The molecule has 6 heteroatoms. The molecule has 0 unspecified atom stereocenters. The quantitative estimate of drug-likeness (QED) is 0.781. The molecule has 0 N–H and O–H groups in total. The van der Waals surface area contributed by atoms with E-state index in [9.17, 15) is 13.2 Å². The molecule has 1 heterocycles. The van der Waals surface area contributed by atoms with Crippen LogP contribution in [0.15, 0.2) is 29.2 Å². The van der Waals surface area contributed by atoms with Gasteiger partial charge in [-0.15, -0.1) is 0 Å². The summed E-state index contributed by atoms with van der Waals surface area (Å²) in [4.78, 5) is 10.9. The SMILES string of the molecule is COc1ccc(S(=O)(=O)N2CCC(C=O)CC2)cc1. The Morgan fingerprint density at radius 1 is 1.21 bits per heavy atom. The summed E-state index contributed by atoms with van der Waals surface area (Å²) >= 11 is 0. The molecular weight excluding hydrogens is 266 g/mol. The van der Waals surface area contributed by atoms with Gasteiger partial charge in [0.25, 0.3) is 0 Å². The molecule has 1 aromatic carbocycles. The number of carbonyl (C=O) groups excluding carboxylic acids is 1. The second-order valence-electron chi connectivity index (χ2n) is 4.55. The van der Waals surface area contributed by atoms with Crippen molar-refractivity contribution < 1.29 is 17.9 Å². The Hall–Kier alpha value is -1.40. The summed E-state index contributed by atoms with van der Waals surface area (Å²) in [6.07, 6.45) is 2.11. The lowest BCUT2D eigenvalue weighted by Gasteiger charge is -2.28. The zero-order valence-corrected chi connectivity index (χ0v) is 11.6. The van der Waals surface area contributed by atoms with E-state index in [4.69, 9.17) is 4.74 Å². The molecule has 0 spiro atoms. The van der Waals surface area contributed by atoms with Gasteiger partial charge in [0.15, 0.2) is 0 Å². The van der Waals surface area contributed by atoms with Gasteiger partial charge < -0.3 is 9.53 Å². The molecule has 0 aromatic heterocycles. The van der Waals surface area contributed by atoms with Crippen LogP contribution < -0.4 is 4.74 Å². The number of hydrogen-bond acceptors (Lipinski definition) is 4. The Bertz CT molecular complexity index is 530. The molecule has 1 aromatic rings. The number of methoxy groups -OCH3 is 1. The van der Waals surface area contributed by atoms with E-state index in [1.165, 1.54) is 11.4 Å². The van der Waals surface area contributed by atoms with Crippen LogP contribution in [0.2, 0.25) is 0 Å². The third kappa shape index (κ3) is 2.96. The maximum atomic E-state index is 12.4. The molecule has 1 saturated heterocycles. The van der Waals surface area contributed by atoms with Gasteiger partial charge in [-0.25, -0.2) is 8.42 Å². The van der Waals surface area contributed by atoms with E-state index in [0.717, 1.165) is 6.29 Å². The fourth-order valence-corrected chi connectivity index (χ4v) is 3.62. The maximum Gasteiger partial charge on any atom is 0.243 e. The first kappa shape index (κ1) is 14.0. The molecule has 0 amide bonds. The fraction of sp³-hybridized carbons (Fsp3) is 0.462. The van der Waals surface area contributed by atoms with E-state index < -0.39 is 10.0 Å². The van der Waals surface area contributed by atoms with Gasteiger partial charge in [-0.3, -0.25) is 0 Å². The summed E-state index contributed by atoms with van der Waals surface area (Å²) in [5, 5.41) is 0. The van der Waals surface area contributed by atoms with Crippen LogP contribution in [0.1, 0.15) is 12.8 Å². The Morgan fingerprint density at radius 3 is 2.26 bits per heavy atom. The summed E-state index contributed by atoms with van der Waals surface area (Å²) in [5.74, 6) is 0.612. The van der Waals surface area contributed by atoms with Crippen molar-refractivity contribution in [2.75, 3.05) is 20.2 Å². The second kappa shape index (κ2) is 5.71. The van der Waals surface area contributed by atoms with Gasteiger partial charge in [0.1, 0.15) is 12.0 Å². The highest BCUT2D eigenvalue weighted by Gasteiger charge is 2.29. The zero-order chi connectivity index (χ0) is 13.9. The van der Waals surface area contributed by atoms with Crippen LogP contribution in [-0.4, -0.2) is 39.2 Å². The van der Waals surface area contributed by atoms with Gasteiger partial charge in [0, 0.05) is 19.0 Å². The number of nitrogens with zero attached hydrogens (tertiary/aromatic N) is 1. The first-order valence-corrected chi connectivity index (χ1v) is 7.61. The van der Waals surface area contributed by atoms with Crippen molar-refractivity contribution in [3.8, 4) is 5.75 Å². The normalized spacial score (nSPS) is 18.2. The van der Waals surface area contributed by atoms with Gasteiger partial charge in [-0.05, 0) is 37.1 Å². The molecule has 1 fully saturated rings. The molecule has 0 atom stereocenters. The molecule has 0 radical (unpaired) electrons. The molecule has 104 valence electrons. The first-order valence-electron chi connectivity index (χ1n) is 6.17. The Kier molecular flexibility index (Phi) is 4.21. The summed E-state index contributed by atoms with van der Waals surface area (Å²) in [7, 11) is -1.92. The van der Waals surface area contributed by atoms with Gasteiger partial charge in [-0.2, -0.15) is 4.31 Å². The van der Waals surface area contributed by atoms with Crippen molar-refractivity contribution in [3.05, 3.63) is 24.3 Å². The van der Waals surface area contributed by atoms with Crippen molar-refractivity contribution in [1.29, 1.82) is 0 Å². The van der Waals surface area contributed by atoms with E-state index in [-0.39, 0.29) is 10.8 Å². The number of piperidine rings is 1. The third-order valence-corrected chi connectivity index (χ3v) is 5.30. The lowest BCUT2D eigenvalue weighted by molar-refractivity contribution is -0.112. The lowest BCUT2D eigenvalue weighted by Crippen LogP contribution is -2.38. The predicted molar refractivity (Wildman–Crippen MR) is 70.5 cm³/mol. The number of hydrogen-bond donors (Lipinski definition) is 0. The molecule has 0 bridgehead atoms. The fourth-order valence-electron chi connectivity index (χ4n) is 2.15. The largest absolute Gasteiger partial charge is 0.497 e. The molecule has 19 heavy (non-hydrogen) atoms. The smallest absolute Gasteiger partial charge is 0.243 e. The van der Waals surface area contributed by atoms with Gasteiger partial charge in [-0.1, -0.05) is 0 Å². The van der Waals surface area contributed by atoms with Crippen molar-refractivity contribution in [1.82, 2.24) is 4.31 Å². The van der Waals surface area contributed by atoms with Crippen LogP contribution in [0.5, 0.6) is 5.75 Å². The molecule has 1 aliphatic rings. The molecule has 5 nitrogen and oxygen atoms in total. The van der Waals surface area contributed by atoms with E-state index in [0.29, 0.717) is 31.7 Å². The number of ether oxygens (including phenoxy) is 1.